The smallest absolute Gasteiger partial charge is 0.343 e. The van der Waals surface area contributed by atoms with Crippen LogP contribution in [-0.4, -0.2) is 25.8 Å². The molecule has 2 N–H and O–H groups in total. The lowest BCUT2D eigenvalue weighted by Crippen LogP contribution is -2.17. The number of carboxylic acid groups (broad SMARTS) is 1. The fourth-order valence-corrected chi connectivity index (χ4v) is 2.87. The van der Waals surface area contributed by atoms with Crippen molar-refractivity contribution in [3.63, 3.8) is 0 Å². The molecule has 0 aliphatic rings. The van der Waals surface area contributed by atoms with Gasteiger partial charge in [-0.15, -0.1) is 5.10 Å². The number of nitrogens with zero attached hydrogens (tertiary/aromatic N) is 2. The molecule has 0 spiro atoms. The molecule has 0 radical (unpaired) electrons. The highest BCUT2D eigenvalue weighted by Crippen LogP contribution is 2.29. The largest absolute Gasteiger partial charge is 0.478 e. The number of rotatable bonds is 5. The van der Waals surface area contributed by atoms with Crippen LogP contribution in [0.4, 0.5) is 0 Å². The van der Waals surface area contributed by atoms with Crippen LogP contribution >= 0.6 is 23.4 Å². The van der Waals surface area contributed by atoms with Crippen LogP contribution in [0.3, 0.4) is 0 Å². The van der Waals surface area contributed by atoms with Crippen molar-refractivity contribution in [1.82, 2.24) is 14.8 Å². The topological polar surface area (TPSA) is 88.0 Å². The van der Waals surface area contributed by atoms with Gasteiger partial charge in [0.05, 0.1) is 10.6 Å². The summed E-state index contributed by atoms with van der Waals surface area (Å²) < 4.78 is 1.53. The number of aromatic nitrogens is 3. The van der Waals surface area contributed by atoms with Crippen molar-refractivity contribution in [3.8, 4) is 0 Å². The summed E-state index contributed by atoms with van der Waals surface area (Å²) in [5.74, 6) is -1.07. The van der Waals surface area contributed by atoms with Gasteiger partial charge in [0, 0.05) is 11.4 Å². The summed E-state index contributed by atoms with van der Waals surface area (Å²) in [6, 6.07) is 4.61. The number of carboxylic acids is 1. The van der Waals surface area contributed by atoms with Crippen LogP contribution < -0.4 is 5.69 Å². The van der Waals surface area contributed by atoms with E-state index in [0.29, 0.717) is 11.7 Å². The molecule has 0 amide bonds. The number of benzene rings is 1. The van der Waals surface area contributed by atoms with Gasteiger partial charge in [-0.05, 0) is 36.4 Å². The Morgan fingerprint density at radius 3 is 2.90 bits per heavy atom. The van der Waals surface area contributed by atoms with Gasteiger partial charge in [0.2, 0.25) is 0 Å². The minimum atomic E-state index is -1.07. The molecule has 0 aliphatic carbocycles. The molecule has 0 saturated carbocycles. The number of hydrogen-bond donors (Lipinski definition) is 2. The zero-order valence-electron chi connectivity index (χ0n) is 10.6. The number of hydrogen-bond acceptors (Lipinski definition) is 4. The number of H-pyrrole nitrogens is 1. The maximum atomic E-state index is 11.6. The van der Waals surface area contributed by atoms with E-state index in [4.69, 9.17) is 16.7 Å². The summed E-state index contributed by atoms with van der Waals surface area (Å²) in [7, 11) is 0. The van der Waals surface area contributed by atoms with Crippen molar-refractivity contribution in [1.29, 1.82) is 0 Å². The quantitative estimate of drug-likeness (QED) is 0.885. The Hall–Kier alpha value is -1.73. The third kappa shape index (κ3) is 3.05. The van der Waals surface area contributed by atoms with Gasteiger partial charge in [0.1, 0.15) is 0 Å². The van der Waals surface area contributed by atoms with Crippen molar-refractivity contribution in [2.45, 2.75) is 29.9 Å². The van der Waals surface area contributed by atoms with Crippen LogP contribution in [0.5, 0.6) is 0 Å². The molecule has 6 nitrogen and oxygen atoms in total. The van der Waals surface area contributed by atoms with Gasteiger partial charge in [-0.2, -0.15) is 0 Å². The van der Waals surface area contributed by atoms with Gasteiger partial charge in [-0.25, -0.2) is 14.7 Å². The zero-order valence-corrected chi connectivity index (χ0v) is 12.2. The van der Waals surface area contributed by atoms with E-state index in [1.807, 2.05) is 6.92 Å². The number of aromatic amines is 1. The third-order valence-electron chi connectivity index (χ3n) is 2.55. The van der Waals surface area contributed by atoms with E-state index in [2.05, 4.69) is 10.2 Å². The summed E-state index contributed by atoms with van der Waals surface area (Å²) in [4.78, 5) is 23.2. The van der Waals surface area contributed by atoms with Gasteiger partial charge in [0.25, 0.3) is 0 Å². The highest BCUT2D eigenvalue weighted by atomic mass is 35.5. The molecule has 0 saturated heterocycles. The molecule has 106 valence electrons. The first-order valence-electron chi connectivity index (χ1n) is 5.88. The molecule has 0 bridgehead atoms. The third-order valence-corrected chi connectivity index (χ3v) is 3.85. The maximum absolute atomic E-state index is 11.6. The van der Waals surface area contributed by atoms with E-state index in [0.717, 1.165) is 11.3 Å². The van der Waals surface area contributed by atoms with Crippen molar-refractivity contribution in [2.75, 3.05) is 0 Å². The zero-order chi connectivity index (χ0) is 14.7. The molecule has 2 aromatic rings. The standard InChI is InChI=1S/C12H12ClN3O3S/c1-2-5-16-11(19)14-15-12(16)20-7-3-4-8(10(17)18)9(13)6-7/h3-4,6H,2,5H2,1H3,(H,14,19)(H,17,18). The molecule has 1 aromatic carbocycles. The molecule has 0 unspecified atom stereocenters. The van der Waals surface area contributed by atoms with Crippen molar-refractivity contribution in [2.24, 2.45) is 0 Å². The van der Waals surface area contributed by atoms with Crippen LogP contribution in [0.15, 0.2) is 33.0 Å². The molecular formula is C12H12ClN3O3S. The van der Waals surface area contributed by atoms with Crippen LogP contribution in [0.1, 0.15) is 23.7 Å². The predicted octanol–water partition coefficient (Wildman–Crippen LogP) is 2.48. The Labute approximate surface area is 123 Å². The number of carbonyl (C=O) groups is 1. The van der Waals surface area contributed by atoms with Crippen LogP contribution in [0.2, 0.25) is 5.02 Å². The Bertz CT molecular complexity index is 695. The fourth-order valence-electron chi connectivity index (χ4n) is 1.64. The monoisotopic (exact) mass is 313 g/mol. The van der Waals surface area contributed by atoms with Crippen molar-refractivity contribution < 1.29 is 9.90 Å². The van der Waals surface area contributed by atoms with E-state index in [1.165, 1.54) is 22.4 Å². The lowest BCUT2D eigenvalue weighted by Gasteiger charge is -2.05. The SMILES string of the molecule is CCCn1c(Sc2ccc(C(=O)O)c(Cl)c2)n[nH]c1=O. The first-order chi connectivity index (χ1) is 9.52. The number of halogens is 1. The summed E-state index contributed by atoms with van der Waals surface area (Å²) in [6.45, 7) is 2.53. The molecule has 0 fully saturated rings. The summed E-state index contributed by atoms with van der Waals surface area (Å²) in [5, 5.41) is 15.9. The average molecular weight is 314 g/mol. The number of aromatic carboxylic acids is 1. The van der Waals surface area contributed by atoms with Crippen LogP contribution in [-0.2, 0) is 6.54 Å². The fraction of sp³-hybridized carbons (Fsp3) is 0.250. The molecule has 0 aliphatic heterocycles. The van der Waals surface area contributed by atoms with Crippen molar-refractivity contribution >= 4 is 29.3 Å². The molecule has 0 atom stereocenters. The Morgan fingerprint density at radius 2 is 2.30 bits per heavy atom. The lowest BCUT2D eigenvalue weighted by molar-refractivity contribution is 0.0697. The summed E-state index contributed by atoms with van der Waals surface area (Å²) in [5.41, 5.74) is -0.216. The first-order valence-corrected chi connectivity index (χ1v) is 7.08. The number of nitrogens with one attached hydrogen (secondary N) is 1. The highest BCUT2D eigenvalue weighted by Gasteiger charge is 2.12. The van der Waals surface area contributed by atoms with E-state index >= 15 is 0 Å². The summed E-state index contributed by atoms with van der Waals surface area (Å²) in [6.07, 6.45) is 0.811. The predicted molar refractivity (Wildman–Crippen MR) is 75.7 cm³/mol. The Kier molecular flexibility index (Phi) is 4.51. The normalized spacial score (nSPS) is 10.7. The molecule has 1 heterocycles. The minimum Gasteiger partial charge on any atom is -0.478 e. The van der Waals surface area contributed by atoms with E-state index in [-0.39, 0.29) is 16.3 Å². The van der Waals surface area contributed by atoms with Gasteiger partial charge < -0.3 is 5.11 Å². The van der Waals surface area contributed by atoms with E-state index < -0.39 is 5.97 Å². The summed E-state index contributed by atoms with van der Waals surface area (Å²) >= 11 is 7.16. The Morgan fingerprint density at radius 1 is 1.55 bits per heavy atom. The first kappa shape index (κ1) is 14.7. The Balaban J connectivity index is 2.29. The molecule has 2 rings (SSSR count). The lowest BCUT2D eigenvalue weighted by atomic mass is 10.2. The second-order valence-corrected chi connectivity index (χ2v) is 5.46. The average Bonchev–Trinajstić information content (AvgIpc) is 2.72. The molecular weight excluding hydrogens is 302 g/mol. The molecule has 8 heteroatoms. The van der Waals surface area contributed by atoms with E-state index in [9.17, 15) is 9.59 Å². The van der Waals surface area contributed by atoms with Gasteiger partial charge in [-0.3, -0.25) is 4.57 Å². The second-order valence-electron chi connectivity index (χ2n) is 4.01. The minimum absolute atomic E-state index is 0.0454. The van der Waals surface area contributed by atoms with E-state index in [1.54, 1.807) is 12.1 Å². The molecule has 20 heavy (non-hydrogen) atoms. The second kappa shape index (κ2) is 6.15. The van der Waals surface area contributed by atoms with Gasteiger partial charge in [0.15, 0.2) is 5.16 Å². The van der Waals surface area contributed by atoms with Gasteiger partial charge >= 0.3 is 11.7 Å². The van der Waals surface area contributed by atoms with Crippen LogP contribution in [0.25, 0.3) is 0 Å². The maximum Gasteiger partial charge on any atom is 0.343 e. The highest BCUT2D eigenvalue weighted by molar-refractivity contribution is 7.99. The molecule has 1 aromatic heterocycles. The van der Waals surface area contributed by atoms with Crippen molar-refractivity contribution in [3.05, 3.63) is 39.3 Å². The van der Waals surface area contributed by atoms with Crippen LogP contribution in [0, 0.1) is 0 Å². The van der Waals surface area contributed by atoms with Gasteiger partial charge in [-0.1, -0.05) is 18.5 Å².